The van der Waals surface area contributed by atoms with Crippen LogP contribution in [0.2, 0.25) is 0 Å². The normalized spacial score (nSPS) is 16.1. The summed E-state index contributed by atoms with van der Waals surface area (Å²) in [6.07, 6.45) is 8.69. The first-order valence-electron chi connectivity index (χ1n) is 7.66. The molecule has 3 nitrogen and oxygen atoms in total. The molecule has 20 heavy (non-hydrogen) atoms. The lowest BCUT2D eigenvalue weighted by Crippen LogP contribution is -2.27. The van der Waals surface area contributed by atoms with E-state index >= 15 is 0 Å². The Kier molecular flexibility index (Phi) is 3.97. The fourth-order valence-corrected chi connectivity index (χ4v) is 3.38. The number of rotatable bonds is 5. The second kappa shape index (κ2) is 5.88. The Bertz CT molecular complexity index is 582. The maximum atomic E-state index is 5.43. The molecule has 1 aromatic carbocycles. The molecule has 3 rings (SSSR count). The van der Waals surface area contributed by atoms with Crippen LogP contribution in [0.1, 0.15) is 36.8 Å². The predicted molar refractivity (Wildman–Crippen MR) is 83.6 cm³/mol. The van der Waals surface area contributed by atoms with E-state index in [0.717, 1.165) is 30.3 Å². The number of hydrogen-bond acceptors (Lipinski definition) is 2. The van der Waals surface area contributed by atoms with Crippen molar-refractivity contribution >= 4 is 10.9 Å². The van der Waals surface area contributed by atoms with E-state index in [9.17, 15) is 0 Å². The van der Waals surface area contributed by atoms with Crippen molar-refractivity contribution in [2.75, 3.05) is 13.7 Å². The van der Waals surface area contributed by atoms with Crippen molar-refractivity contribution in [1.82, 2.24) is 10.3 Å². The van der Waals surface area contributed by atoms with Gasteiger partial charge < -0.3 is 15.0 Å². The zero-order valence-corrected chi connectivity index (χ0v) is 12.5. The summed E-state index contributed by atoms with van der Waals surface area (Å²) in [6.45, 7) is 3.23. The van der Waals surface area contributed by atoms with Crippen LogP contribution in [0.3, 0.4) is 0 Å². The lowest BCUT2D eigenvalue weighted by Gasteiger charge is -2.11. The number of benzene rings is 1. The molecule has 0 aliphatic heterocycles. The van der Waals surface area contributed by atoms with Gasteiger partial charge in [-0.2, -0.15) is 0 Å². The molecule has 1 aromatic heterocycles. The Balaban J connectivity index is 1.74. The smallest absolute Gasteiger partial charge is 0.142 e. The van der Waals surface area contributed by atoms with Gasteiger partial charge in [-0.25, -0.2) is 0 Å². The standard InChI is InChI=1S/C17H24N2O/c1-12-7-8-15(20-2)17-16(12)13(11-19-17)9-10-18-14-5-3-4-6-14/h7-8,11,14,18-19H,3-6,9-10H2,1-2H3. The third-order valence-corrected chi connectivity index (χ3v) is 4.49. The van der Waals surface area contributed by atoms with Crippen LogP contribution in [0, 0.1) is 6.92 Å². The summed E-state index contributed by atoms with van der Waals surface area (Å²) in [5, 5.41) is 5.02. The highest BCUT2D eigenvalue weighted by Gasteiger charge is 2.15. The molecule has 2 aromatic rings. The molecule has 0 spiro atoms. The first-order chi connectivity index (χ1) is 9.79. The van der Waals surface area contributed by atoms with Gasteiger partial charge in [0.25, 0.3) is 0 Å². The van der Waals surface area contributed by atoms with Gasteiger partial charge in [0.15, 0.2) is 0 Å². The van der Waals surface area contributed by atoms with E-state index in [0.29, 0.717) is 0 Å². The number of fused-ring (bicyclic) bond motifs is 1. The van der Waals surface area contributed by atoms with Crippen LogP contribution in [-0.2, 0) is 6.42 Å². The summed E-state index contributed by atoms with van der Waals surface area (Å²) >= 11 is 0. The molecular weight excluding hydrogens is 248 g/mol. The second-order valence-corrected chi connectivity index (χ2v) is 5.83. The van der Waals surface area contributed by atoms with E-state index in [1.165, 1.54) is 42.2 Å². The molecule has 3 heteroatoms. The average Bonchev–Trinajstić information content (AvgIpc) is 3.10. The van der Waals surface area contributed by atoms with Gasteiger partial charge in [0.1, 0.15) is 5.75 Å². The molecular formula is C17H24N2O. The number of aromatic amines is 1. The molecule has 1 aliphatic rings. The van der Waals surface area contributed by atoms with Crippen molar-refractivity contribution in [2.24, 2.45) is 0 Å². The third kappa shape index (κ3) is 2.55. The van der Waals surface area contributed by atoms with Gasteiger partial charge in [-0.1, -0.05) is 18.9 Å². The number of methoxy groups -OCH3 is 1. The highest BCUT2D eigenvalue weighted by atomic mass is 16.5. The summed E-state index contributed by atoms with van der Waals surface area (Å²) in [6, 6.07) is 4.92. The summed E-state index contributed by atoms with van der Waals surface area (Å²) in [5.74, 6) is 0.931. The van der Waals surface area contributed by atoms with E-state index in [4.69, 9.17) is 4.74 Å². The number of aromatic nitrogens is 1. The molecule has 0 saturated heterocycles. The Labute approximate surface area is 120 Å². The Morgan fingerprint density at radius 2 is 2.10 bits per heavy atom. The van der Waals surface area contributed by atoms with Gasteiger partial charge in [0, 0.05) is 17.6 Å². The summed E-state index contributed by atoms with van der Waals surface area (Å²) in [4.78, 5) is 3.37. The molecule has 0 atom stereocenters. The molecule has 1 heterocycles. The van der Waals surface area contributed by atoms with E-state index in [1.807, 2.05) is 6.07 Å². The van der Waals surface area contributed by atoms with Crippen molar-refractivity contribution < 1.29 is 4.74 Å². The SMILES string of the molecule is COc1ccc(C)c2c(CCNC3CCCC3)c[nH]c12. The number of hydrogen-bond donors (Lipinski definition) is 2. The molecule has 2 N–H and O–H groups in total. The largest absolute Gasteiger partial charge is 0.495 e. The van der Waals surface area contributed by atoms with Crippen molar-refractivity contribution in [3.8, 4) is 5.75 Å². The van der Waals surface area contributed by atoms with E-state index in [1.54, 1.807) is 7.11 Å². The molecule has 0 amide bonds. The van der Waals surface area contributed by atoms with Crippen molar-refractivity contribution in [2.45, 2.75) is 45.1 Å². The average molecular weight is 272 g/mol. The first-order valence-corrected chi connectivity index (χ1v) is 7.66. The Morgan fingerprint density at radius 3 is 2.85 bits per heavy atom. The molecule has 1 saturated carbocycles. The molecule has 1 fully saturated rings. The third-order valence-electron chi connectivity index (χ3n) is 4.49. The summed E-state index contributed by atoms with van der Waals surface area (Å²) in [7, 11) is 1.73. The quantitative estimate of drug-likeness (QED) is 0.873. The lowest BCUT2D eigenvalue weighted by molar-refractivity contribution is 0.419. The van der Waals surface area contributed by atoms with Gasteiger partial charge in [0.05, 0.1) is 12.6 Å². The van der Waals surface area contributed by atoms with E-state index < -0.39 is 0 Å². The lowest BCUT2D eigenvalue weighted by atomic mass is 10.0. The predicted octanol–water partition coefficient (Wildman–Crippen LogP) is 3.56. The molecule has 108 valence electrons. The van der Waals surface area contributed by atoms with Gasteiger partial charge in [-0.05, 0) is 49.9 Å². The number of nitrogens with one attached hydrogen (secondary N) is 2. The van der Waals surface area contributed by atoms with Crippen molar-refractivity contribution in [3.63, 3.8) is 0 Å². The minimum Gasteiger partial charge on any atom is -0.495 e. The highest BCUT2D eigenvalue weighted by Crippen LogP contribution is 2.30. The Hall–Kier alpha value is -1.48. The maximum absolute atomic E-state index is 5.43. The number of aryl methyl sites for hydroxylation is 1. The van der Waals surface area contributed by atoms with Crippen LogP contribution in [0.4, 0.5) is 0 Å². The first kappa shape index (κ1) is 13.5. The topological polar surface area (TPSA) is 37.0 Å². The summed E-state index contributed by atoms with van der Waals surface area (Å²) < 4.78 is 5.43. The van der Waals surface area contributed by atoms with Crippen LogP contribution < -0.4 is 10.1 Å². The molecule has 0 bridgehead atoms. The van der Waals surface area contributed by atoms with Crippen LogP contribution in [0.5, 0.6) is 5.75 Å². The van der Waals surface area contributed by atoms with Crippen molar-refractivity contribution in [3.05, 3.63) is 29.5 Å². The maximum Gasteiger partial charge on any atom is 0.142 e. The minimum absolute atomic E-state index is 0.746. The fraction of sp³-hybridized carbons (Fsp3) is 0.529. The van der Waals surface area contributed by atoms with Gasteiger partial charge >= 0.3 is 0 Å². The van der Waals surface area contributed by atoms with Gasteiger partial charge in [-0.15, -0.1) is 0 Å². The monoisotopic (exact) mass is 272 g/mol. The van der Waals surface area contributed by atoms with Gasteiger partial charge in [-0.3, -0.25) is 0 Å². The number of ether oxygens (including phenoxy) is 1. The molecule has 1 aliphatic carbocycles. The zero-order valence-electron chi connectivity index (χ0n) is 12.5. The van der Waals surface area contributed by atoms with Crippen LogP contribution in [0.15, 0.2) is 18.3 Å². The minimum atomic E-state index is 0.746. The van der Waals surface area contributed by atoms with E-state index in [2.05, 4.69) is 29.5 Å². The van der Waals surface area contributed by atoms with Crippen LogP contribution >= 0.6 is 0 Å². The molecule has 0 radical (unpaired) electrons. The highest BCUT2D eigenvalue weighted by molar-refractivity contribution is 5.91. The van der Waals surface area contributed by atoms with Crippen LogP contribution in [0.25, 0.3) is 10.9 Å². The van der Waals surface area contributed by atoms with Gasteiger partial charge in [0.2, 0.25) is 0 Å². The number of H-pyrrole nitrogens is 1. The van der Waals surface area contributed by atoms with Crippen molar-refractivity contribution in [1.29, 1.82) is 0 Å². The molecule has 0 unspecified atom stereocenters. The second-order valence-electron chi connectivity index (χ2n) is 5.83. The zero-order chi connectivity index (χ0) is 13.9. The fourth-order valence-electron chi connectivity index (χ4n) is 3.38. The van der Waals surface area contributed by atoms with E-state index in [-0.39, 0.29) is 0 Å². The summed E-state index contributed by atoms with van der Waals surface area (Å²) in [5.41, 5.74) is 3.84. The van der Waals surface area contributed by atoms with Crippen LogP contribution in [-0.4, -0.2) is 24.7 Å². The Morgan fingerprint density at radius 1 is 1.30 bits per heavy atom.